The van der Waals surface area contributed by atoms with Crippen LogP contribution in [0.15, 0.2) is 35.1 Å². The molecule has 3 rings (SSSR count). The van der Waals surface area contributed by atoms with Crippen molar-refractivity contribution in [3.05, 3.63) is 35.1 Å². The average molecular weight is 399 g/mol. The van der Waals surface area contributed by atoms with E-state index in [-0.39, 0.29) is 23.4 Å². The summed E-state index contributed by atoms with van der Waals surface area (Å²) in [5, 5.41) is 0. The third kappa shape index (κ3) is 3.07. The van der Waals surface area contributed by atoms with E-state index in [0.717, 1.165) is 18.4 Å². The van der Waals surface area contributed by atoms with E-state index in [1.54, 1.807) is 0 Å². The van der Waals surface area contributed by atoms with Gasteiger partial charge in [-0.05, 0) is 69.9 Å². The van der Waals surface area contributed by atoms with Crippen molar-refractivity contribution in [2.24, 2.45) is 28.1 Å². The van der Waals surface area contributed by atoms with E-state index in [2.05, 4.69) is 52.8 Å². The minimum Gasteiger partial charge on any atom is -0.486 e. The standard InChI is InChI=1S/C26H38O3/c1-16(2)10-11-19-15-25(9)14-18-12-13-23(5,6)29-21(18)26(22(25)28,24(19,7)8)20(27)17(3)4/h10,12-13,17,19H,11,14-15H2,1-9H3. The van der Waals surface area contributed by atoms with E-state index in [0.29, 0.717) is 12.2 Å². The molecule has 2 aliphatic carbocycles. The fourth-order valence-electron chi connectivity index (χ4n) is 5.84. The Balaban J connectivity index is 2.32. The van der Waals surface area contributed by atoms with Gasteiger partial charge in [-0.2, -0.15) is 0 Å². The summed E-state index contributed by atoms with van der Waals surface area (Å²) in [6, 6.07) is 0. The Morgan fingerprint density at radius 1 is 1.21 bits per heavy atom. The van der Waals surface area contributed by atoms with Crippen molar-refractivity contribution in [2.45, 2.75) is 87.2 Å². The van der Waals surface area contributed by atoms with Gasteiger partial charge in [0.15, 0.2) is 17.0 Å². The Morgan fingerprint density at radius 2 is 1.83 bits per heavy atom. The third-order valence-electron chi connectivity index (χ3n) is 7.54. The maximum absolute atomic E-state index is 14.2. The van der Waals surface area contributed by atoms with Crippen LogP contribution in [0.2, 0.25) is 0 Å². The minimum atomic E-state index is -1.22. The lowest BCUT2D eigenvalue weighted by Gasteiger charge is -2.61. The van der Waals surface area contributed by atoms with Crippen LogP contribution in [0.4, 0.5) is 0 Å². The van der Waals surface area contributed by atoms with Crippen molar-refractivity contribution >= 4 is 11.6 Å². The van der Waals surface area contributed by atoms with Crippen molar-refractivity contribution in [1.29, 1.82) is 0 Å². The predicted octanol–water partition coefficient (Wildman–Crippen LogP) is 6.20. The highest BCUT2D eigenvalue weighted by Crippen LogP contribution is 2.67. The topological polar surface area (TPSA) is 43.4 Å². The zero-order valence-electron chi connectivity index (χ0n) is 19.7. The van der Waals surface area contributed by atoms with E-state index < -0.39 is 21.8 Å². The summed E-state index contributed by atoms with van der Waals surface area (Å²) in [5.41, 5.74) is -0.499. The highest BCUT2D eigenvalue weighted by molar-refractivity contribution is 6.15. The molecular weight excluding hydrogens is 360 g/mol. The first-order chi connectivity index (χ1) is 13.2. The Morgan fingerprint density at radius 3 is 2.38 bits per heavy atom. The van der Waals surface area contributed by atoms with Gasteiger partial charge in [0.05, 0.1) is 0 Å². The van der Waals surface area contributed by atoms with Gasteiger partial charge in [0.25, 0.3) is 0 Å². The molecule has 0 N–H and O–H groups in total. The molecule has 3 atom stereocenters. The number of allylic oxidation sites excluding steroid dienone is 5. The molecule has 3 nitrogen and oxygen atoms in total. The molecule has 29 heavy (non-hydrogen) atoms. The highest BCUT2D eigenvalue weighted by atomic mass is 16.5. The molecule has 1 fully saturated rings. The molecule has 160 valence electrons. The van der Waals surface area contributed by atoms with Crippen molar-refractivity contribution < 1.29 is 14.3 Å². The number of ether oxygens (including phenoxy) is 1. The first kappa shape index (κ1) is 22.1. The maximum atomic E-state index is 14.2. The first-order valence-electron chi connectivity index (χ1n) is 11.0. The molecule has 0 amide bonds. The van der Waals surface area contributed by atoms with Gasteiger partial charge in [0.2, 0.25) is 0 Å². The van der Waals surface area contributed by atoms with Gasteiger partial charge in [0, 0.05) is 11.3 Å². The number of fused-ring (bicyclic) bond motifs is 3. The molecular formula is C26H38O3. The summed E-state index contributed by atoms with van der Waals surface area (Å²) in [6.45, 7) is 18.3. The molecule has 1 heterocycles. The highest BCUT2D eigenvalue weighted by Gasteiger charge is 2.72. The second-order valence-corrected chi connectivity index (χ2v) is 11.4. The summed E-state index contributed by atoms with van der Waals surface area (Å²) in [5.74, 6) is 0.715. The van der Waals surface area contributed by atoms with E-state index in [4.69, 9.17) is 4.74 Å². The van der Waals surface area contributed by atoms with Gasteiger partial charge >= 0.3 is 0 Å². The van der Waals surface area contributed by atoms with Gasteiger partial charge in [-0.15, -0.1) is 0 Å². The van der Waals surface area contributed by atoms with E-state index in [9.17, 15) is 9.59 Å². The minimum absolute atomic E-state index is 0.0129. The lowest BCUT2D eigenvalue weighted by molar-refractivity contribution is -0.177. The van der Waals surface area contributed by atoms with E-state index in [1.807, 2.05) is 27.7 Å². The lowest BCUT2D eigenvalue weighted by atomic mass is 9.40. The van der Waals surface area contributed by atoms with Crippen LogP contribution >= 0.6 is 0 Å². The number of ketones is 2. The summed E-state index contributed by atoms with van der Waals surface area (Å²) in [4.78, 5) is 28.2. The first-order valence-corrected chi connectivity index (χ1v) is 11.0. The van der Waals surface area contributed by atoms with E-state index in [1.165, 1.54) is 5.57 Å². The van der Waals surface area contributed by atoms with Crippen molar-refractivity contribution in [3.63, 3.8) is 0 Å². The number of carbonyl (C=O) groups excluding carboxylic acids is 2. The Labute approximate surface area is 176 Å². The molecule has 0 aromatic heterocycles. The predicted molar refractivity (Wildman–Crippen MR) is 117 cm³/mol. The molecule has 0 radical (unpaired) electrons. The van der Waals surface area contributed by atoms with Crippen molar-refractivity contribution in [1.82, 2.24) is 0 Å². The van der Waals surface area contributed by atoms with Crippen molar-refractivity contribution in [2.75, 3.05) is 0 Å². The van der Waals surface area contributed by atoms with Crippen LogP contribution in [-0.4, -0.2) is 17.2 Å². The fourth-order valence-corrected chi connectivity index (χ4v) is 5.84. The second-order valence-electron chi connectivity index (χ2n) is 11.4. The number of Topliss-reactive ketones (excluding diaryl/α,β-unsaturated/α-hetero) is 2. The molecule has 3 heteroatoms. The van der Waals surface area contributed by atoms with Crippen LogP contribution in [0.3, 0.4) is 0 Å². The molecule has 0 aromatic carbocycles. The van der Waals surface area contributed by atoms with Crippen LogP contribution in [0, 0.1) is 28.1 Å². The molecule has 0 aromatic rings. The number of hydrogen-bond donors (Lipinski definition) is 0. The fraction of sp³-hybridized carbons (Fsp3) is 0.692. The number of rotatable bonds is 4. The normalized spacial score (nSPS) is 34.6. The zero-order chi connectivity index (χ0) is 22.0. The van der Waals surface area contributed by atoms with Gasteiger partial charge in [0.1, 0.15) is 11.4 Å². The average Bonchev–Trinajstić information content (AvgIpc) is 2.58. The molecule has 0 spiro atoms. The van der Waals surface area contributed by atoms with Gasteiger partial charge in [-0.3, -0.25) is 9.59 Å². The molecule has 1 aliphatic heterocycles. The molecule has 2 bridgehead atoms. The number of hydrogen-bond acceptors (Lipinski definition) is 3. The Hall–Kier alpha value is -1.64. The molecule has 3 aliphatic rings. The molecule has 0 saturated heterocycles. The largest absolute Gasteiger partial charge is 0.486 e. The second kappa shape index (κ2) is 6.68. The van der Waals surface area contributed by atoms with Crippen LogP contribution in [0.1, 0.15) is 81.6 Å². The summed E-state index contributed by atoms with van der Waals surface area (Å²) in [6.07, 6.45) is 8.77. The Kier molecular flexibility index (Phi) is 5.08. The monoisotopic (exact) mass is 398 g/mol. The smallest absolute Gasteiger partial charge is 0.160 e. The van der Waals surface area contributed by atoms with Gasteiger partial charge < -0.3 is 4.74 Å². The van der Waals surface area contributed by atoms with Crippen LogP contribution in [-0.2, 0) is 14.3 Å². The van der Waals surface area contributed by atoms with Crippen molar-refractivity contribution in [3.8, 4) is 0 Å². The lowest BCUT2D eigenvalue weighted by Crippen LogP contribution is -2.67. The molecule has 3 unspecified atom stereocenters. The summed E-state index contributed by atoms with van der Waals surface area (Å²) < 4.78 is 6.50. The van der Waals surface area contributed by atoms with Crippen LogP contribution < -0.4 is 0 Å². The quantitative estimate of drug-likeness (QED) is 0.418. The summed E-state index contributed by atoms with van der Waals surface area (Å²) in [7, 11) is 0. The molecule has 1 saturated carbocycles. The third-order valence-corrected chi connectivity index (χ3v) is 7.54. The van der Waals surface area contributed by atoms with Crippen LogP contribution in [0.5, 0.6) is 0 Å². The Bertz CT molecular complexity index is 832. The maximum Gasteiger partial charge on any atom is 0.160 e. The van der Waals surface area contributed by atoms with Gasteiger partial charge in [-0.25, -0.2) is 0 Å². The zero-order valence-corrected chi connectivity index (χ0v) is 19.7. The number of carbonyl (C=O) groups is 2. The van der Waals surface area contributed by atoms with Crippen LogP contribution in [0.25, 0.3) is 0 Å². The van der Waals surface area contributed by atoms with E-state index >= 15 is 0 Å². The van der Waals surface area contributed by atoms with Gasteiger partial charge in [-0.1, -0.05) is 52.3 Å². The summed E-state index contributed by atoms with van der Waals surface area (Å²) >= 11 is 0. The SMILES string of the molecule is CC(C)=CCC1CC2(C)CC3=C(OC(C)(C)C=C3)C(C(=O)C(C)C)(C2=O)C1(C)C.